The molecule has 1 aliphatic rings. The zero-order valence-electron chi connectivity index (χ0n) is 11.2. The molecule has 0 amide bonds. The third-order valence-corrected chi connectivity index (χ3v) is 4.49. The lowest BCUT2D eigenvalue weighted by molar-refractivity contribution is -0.141. The maximum Gasteiger partial charge on any atom is 0.304 e. The van der Waals surface area contributed by atoms with Crippen molar-refractivity contribution < 1.29 is 14.6 Å². The molecular formula is C15H19IO3. The van der Waals surface area contributed by atoms with Crippen LogP contribution in [0.3, 0.4) is 0 Å². The highest BCUT2D eigenvalue weighted by molar-refractivity contribution is 14.1. The molecule has 104 valence electrons. The van der Waals surface area contributed by atoms with Crippen molar-refractivity contribution in [2.24, 2.45) is 0 Å². The third-order valence-electron chi connectivity index (χ3n) is 3.77. The monoisotopic (exact) mass is 374 g/mol. The van der Waals surface area contributed by atoms with Crippen molar-refractivity contribution in [2.75, 3.05) is 0 Å². The van der Waals surface area contributed by atoms with Crippen molar-refractivity contribution in [1.29, 1.82) is 0 Å². The Hall–Kier alpha value is -0.620. The Morgan fingerprint density at radius 1 is 1.32 bits per heavy atom. The van der Waals surface area contributed by atoms with Gasteiger partial charge in [0.2, 0.25) is 0 Å². The average molecular weight is 374 g/mol. The Balaban J connectivity index is 2.38. The van der Waals surface area contributed by atoms with Gasteiger partial charge in [0, 0.05) is 8.99 Å². The van der Waals surface area contributed by atoms with Gasteiger partial charge in [0.05, 0.1) is 18.6 Å². The molecule has 4 heteroatoms. The first-order valence-corrected chi connectivity index (χ1v) is 7.62. The van der Waals surface area contributed by atoms with Crippen LogP contribution in [0.2, 0.25) is 0 Å². The van der Waals surface area contributed by atoms with E-state index in [0.29, 0.717) is 0 Å². The first-order valence-electron chi connectivity index (χ1n) is 6.54. The second-order valence-corrected chi connectivity index (χ2v) is 6.77. The normalized spacial score (nSPS) is 31.1. The minimum atomic E-state index is -0.736. The van der Waals surface area contributed by atoms with Gasteiger partial charge in [-0.2, -0.15) is 0 Å². The second kappa shape index (κ2) is 5.79. The Labute approximate surface area is 127 Å². The van der Waals surface area contributed by atoms with Crippen molar-refractivity contribution in [3.63, 3.8) is 0 Å². The first-order chi connectivity index (χ1) is 8.91. The summed E-state index contributed by atoms with van der Waals surface area (Å²) in [5.41, 5.74) is 0.824. The molecular weight excluding hydrogens is 355 g/mol. The molecule has 1 aromatic rings. The van der Waals surface area contributed by atoms with Crippen LogP contribution in [0.1, 0.15) is 38.7 Å². The fourth-order valence-electron chi connectivity index (χ4n) is 3.25. The quantitative estimate of drug-likeness (QED) is 0.823. The summed E-state index contributed by atoms with van der Waals surface area (Å²) in [7, 11) is 0. The molecule has 3 atom stereocenters. The molecule has 0 bridgehead atoms. The molecule has 1 saturated heterocycles. The summed E-state index contributed by atoms with van der Waals surface area (Å²) in [5.74, 6) is -0.736. The number of hydrogen-bond donors (Lipinski definition) is 1. The number of benzene rings is 1. The molecule has 0 aromatic heterocycles. The lowest BCUT2D eigenvalue weighted by Gasteiger charge is -2.42. The molecule has 1 unspecified atom stereocenters. The van der Waals surface area contributed by atoms with Gasteiger partial charge >= 0.3 is 5.97 Å². The molecule has 1 aliphatic heterocycles. The first kappa shape index (κ1) is 14.8. The number of rotatable bonds is 3. The summed E-state index contributed by atoms with van der Waals surface area (Å²) in [6.45, 7) is 4.05. The standard InChI is InChI=1S/C15H19IO3/c1-10-7-15(9-14(17)18,8-11(2)19-10)12-3-5-13(16)6-4-12/h3-6,10-11H,7-9H2,1-2H3,(H,17,18)/t10-,11+,15?. The molecule has 1 heterocycles. The van der Waals surface area contributed by atoms with Crippen molar-refractivity contribution in [2.45, 2.75) is 50.7 Å². The van der Waals surface area contributed by atoms with Crippen LogP contribution in [0.25, 0.3) is 0 Å². The summed E-state index contributed by atoms with van der Waals surface area (Å²) >= 11 is 2.26. The van der Waals surface area contributed by atoms with Crippen molar-refractivity contribution in [1.82, 2.24) is 0 Å². The molecule has 1 fully saturated rings. The Kier molecular flexibility index (Phi) is 4.50. The Morgan fingerprint density at radius 3 is 2.32 bits per heavy atom. The lowest BCUT2D eigenvalue weighted by atomic mass is 9.68. The van der Waals surface area contributed by atoms with Crippen LogP contribution in [0.4, 0.5) is 0 Å². The summed E-state index contributed by atoms with van der Waals surface area (Å²) in [6, 6.07) is 8.22. The number of aliphatic carboxylic acids is 1. The minimum absolute atomic E-state index is 0.0994. The predicted molar refractivity (Wildman–Crippen MR) is 82.3 cm³/mol. The van der Waals surface area contributed by atoms with Gasteiger partial charge in [-0.1, -0.05) is 12.1 Å². The summed E-state index contributed by atoms with van der Waals surface area (Å²) in [5, 5.41) is 9.28. The molecule has 1 aromatic carbocycles. The van der Waals surface area contributed by atoms with E-state index in [-0.39, 0.29) is 24.0 Å². The lowest BCUT2D eigenvalue weighted by Crippen LogP contribution is -2.42. The van der Waals surface area contributed by atoms with Crippen molar-refractivity contribution >= 4 is 28.6 Å². The van der Waals surface area contributed by atoms with Crippen LogP contribution in [-0.4, -0.2) is 23.3 Å². The van der Waals surface area contributed by atoms with Crippen LogP contribution >= 0.6 is 22.6 Å². The van der Waals surface area contributed by atoms with E-state index in [2.05, 4.69) is 34.7 Å². The number of carboxylic acid groups (broad SMARTS) is 1. The van der Waals surface area contributed by atoms with Gasteiger partial charge in [-0.25, -0.2) is 0 Å². The van der Waals surface area contributed by atoms with Crippen LogP contribution < -0.4 is 0 Å². The number of carbonyl (C=O) groups is 1. The summed E-state index contributed by atoms with van der Waals surface area (Å²) in [4.78, 5) is 11.3. The Bertz CT molecular complexity index is 445. The molecule has 1 N–H and O–H groups in total. The van der Waals surface area contributed by atoms with E-state index >= 15 is 0 Å². The molecule has 3 nitrogen and oxygen atoms in total. The molecule has 0 saturated carbocycles. The second-order valence-electron chi connectivity index (χ2n) is 5.52. The minimum Gasteiger partial charge on any atom is -0.481 e. The van der Waals surface area contributed by atoms with Gasteiger partial charge < -0.3 is 9.84 Å². The number of carboxylic acids is 1. The van der Waals surface area contributed by atoms with Gasteiger partial charge in [0.15, 0.2) is 0 Å². The van der Waals surface area contributed by atoms with E-state index in [1.54, 1.807) is 0 Å². The van der Waals surface area contributed by atoms with Gasteiger partial charge in [-0.15, -0.1) is 0 Å². The highest BCUT2D eigenvalue weighted by Gasteiger charge is 2.41. The summed E-state index contributed by atoms with van der Waals surface area (Å²) in [6.07, 6.45) is 1.91. The van der Waals surface area contributed by atoms with Crippen LogP contribution in [0.15, 0.2) is 24.3 Å². The van der Waals surface area contributed by atoms with Crippen LogP contribution in [-0.2, 0) is 14.9 Å². The zero-order chi connectivity index (χ0) is 14.0. The average Bonchev–Trinajstić information content (AvgIpc) is 2.26. The van der Waals surface area contributed by atoms with Crippen molar-refractivity contribution in [3.8, 4) is 0 Å². The molecule has 0 spiro atoms. The third kappa shape index (κ3) is 3.48. The van der Waals surface area contributed by atoms with E-state index in [9.17, 15) is 9.90 Å². The maximum absolute atomic E-state index is 11.3. The van der Waals surface area contributed by atoms with Gasteiger partial charge in [-0.3, -0.25) is 4.79 Å². The van der Waals surface area contributed by atoms with E-state index in [0.717, 1.165) is 18.4 Å². The highest BCUT2D eigenvalue weighted by atomic mass is 127. The van der Waals surface area contributed by atoms with Gasteiger partial charge in [-0.05, 0) is 67.0 Å². The van der Waals surface area contributed by atoms with Gasteiger partial charge in [0.1, 0.15) is 0 Å². The van der Waals surface area contributed by atoms with Crippen molar-refractivity contribution in [3.05, 3.63) is 33.4 Å². The zero-order valence-corrected chi connectivity index (χ0v) is 13.4. The Morgan fingerprint density at radius 2 is 1.84 bits per heavy atom. The summed E-state index contributed by atoms with van der Waals surface area (Å²) < 4.78 is 6.94. The molecule has 19 heavy (non-hydrogen) atoms. The van der Waals surface area contributed by atoms with Gasteiger partial charge in [0.25, 0.3) is 0 Å². The van der Waals surface area contributed by atoms with E-state index in [1.165, 1.54) is 3.57 Å². The number of hydrogen-bond acceptors (Lipinski definition) is 2. The topological polar surface area (TPSA) is 46.5 Å². The van der Waals surface area contributed by atoms with E-state index in [1.807, 2.05) is 26.0 Å². The smallest absolute Gasteiger partial charge is 0.304 e. The fourth-order valence-corrected chi connectivity index (χ4v) is 3.61. The maximum atomic E-state index is 11.3. The van der Waals surface area contributed by atoms with Crippen LogP contribution in [0.5, 0.6) is 0 Å². The largest absolute Gasteiger partial charge is 0.481 e. The van der Waals surface area contributed by atoms with Crippen LogP contribution in [0, 0.1) is 3.57 Å². The van der Waals surface area contributed by atoms with E-state index < -0.39 is 5.97 Å². The number of halogens is 1. The molecule has 0 aliphatic carbocycles. The van der Waals surface area contributed by atoms with E-state index in [4.69, 9.17) is 4.74 Å². The number of ether oxygens (including phenoxy) is 1. The predicted octanol–water partition coefficient (Wildman–Crippen LogP) is 3.59. The molecule has 2 rings (SSSR count). The highest BCUT2D eigenvalue weighted by Crippen LogP contribution is 2.42. The fraction of sp³-hybridized carbons (Fsp3) is 0.533. The SMILES string of the molecule is C[C@@H]1CC(CC(=O)O)(c2ccc(I)cc2)C[C@H](C)O1. The molecule has 0 radical (unpaired) electrons.